The second-order valence-corrected chi connectivity index (χ2v) is 3.78. The Morgan fingerprint density at radius 3 is 2.92 bits per heavy atom. The zero-order valence-corrected chi connectivity index (χ0v) is 8.43. The number of rotatable bonds is 7. The van der Waals surface area contributed by atoms with E-state index < -0.39 is 0 Å². The van der Waals surface area contributed by atoms with E-state index in [1.807, 2.05) is 0 Å². The summed E-state index contributed by atoms with van der Waals surface area (Å²) in [7, 11) is 0. The highest BCUT2D eigenvalue weighted by Gasteiger charge is 2.14. The molecule has 0 aromatic rings. The van der Waals surface area contributed by atoms with Gasteiger partial charge in [0.25, 0.3) is 0 Å². The maximum atomic E-state index is 5.41. The summed E-state index contributed by atoms with van der Waals surface area (Å²) in [5.74, 6) is 0.759. The molecule has 1 heterocycles. The molecule has 1 atom stereocenters. The number of nitrogens with two attached hydrogens (primary N) is 1. The van der Waals surface area contributed by atoms with Crippen LogP contribution in [0.1, 0.15) is 25.7 Å². The predicted octanol–water partition coefficient (Wildman–Crippen LogP) is 0.742. The van der Waals surface area contributed by atoms with E-state index in [-0.39, 0.29) is 0 Å². The van der Waals surface area contributed by atoms with E-state index in [1.54, 1.807) is 0 Å². The smallest absolute Gasteiger partial charge is 0.0507 e. The van der Waals surface area contributed by atoms with Gasteiger partial charge in [0, 0.05) is 13.2 Å². The van der Waals surface area contributed by atoms with E-state index in [0.29, 0.717) is 0 Å². The quantitative estimate of drug-likeness (QED) is 0.577. The van der Waals surface area contributed by atoms with Gasteiger partial charge in [-0.15, -0.1) is 0 Å². The molecule has 0 amide bonds. The normalized spacial score (nSPS) is 22.4. The standard InChI is InChI=1S/C10H22N2O/c11-5-2-1-3-6-12-8-10-4-7-13-9-10/h10,12H,1-9,11H2. The first-order valence-electron chi connectivity index (χ1n) is 5.42. The molecule has 0 aromatic heterocycles. The van der Waals surface area contributed by atoms with Crippen LogP contribution in [0.5, 0.6) is 0 Å². The Balaban J connectivity index is 1.78. The highest BCUT2D eigenvalue weighted by molar-refractivity contribution is 4.66. The van der Waals surface area contributed by atoms with Gasteiger partial charge in [0.15, 0.2) is 0 Å². The van der Waals surface area contributed by atoms with Crippen molar-refractivity contribution in [3.63, 3.8) is 0 Å². The lowest BCUT2D eigenvalue weighted by molar-refractivity contribution is 0.185. The minimum absolute atomic E-state index is 0.759. The topological polar surface area (TPSA) is 47.3 Å². The highest BCUT2D eigenvalue weighted by Crippen LogP contribution is 2.10. The summed E-state index contributed by atoms with van der Waals surface area (Å²) in [5, 5.41) is 3.47. The summed E-state index contributed by atoms with van der Waals surface area (Å²) in [6.45, 7) is 5.00. The summed E-state index contributed by atoms with van der Waals surface area (Å²) < 4.78 is 5.30. The first-order valence-corrected chi connectivity index (χ1v) is 5.42. The second kappa shape index (κ2) is 7.30. The lowest BCUT2D eigenvalue weighted by atomic mass is 10.1. The molecule has 0 radical (unpaired) electrons. The van der Waals surface area contributed by atoms with Gasteiger partial charge >= 0.3 is 0 Å². The number of nitrogens with one attached hydrogen (secondary N) is 1. The lowest BCUT2D eigenvalue weighted by Crippen LogP contribution is -2.24. The van der Waals surface area contributed by atoms with Crippen LogP contribution in [-0.4, -0.2) is 32.8 Å². The molecule has 3 heteroatoms. The average Bonchev–Trinajstić information content (AvgIpc) is 2.63. The first-order chi connectivity index (χ1) is 6.43. The molecule has 1 unspecified atom stereocenters. The summed E-state index contributed by atoms with van der Waals surface area (Å²) in [6, 6.07) is 0. The summed E-state index contributed by atoms with van der Waals surface area (Å²) in [6.07, 6.45) is 4.90. The fraction of sp³-hybridized carbons (Fsp3) is 1.00. The van der Waals surface area contributed by atoms with Crippen molar-refractivity contribution in [3.8, 4) is 0 Å². The van der Waals surface area contributed by atoms with Gasteiger partial charge in [-0.2, -0.15) is 0 Å². The molecule has 0 aliphatic carbocycles. The van der Waals surface area contributed by atoms with Gasteiger partial charge in [-0.1, -0.05) is 6.42 Å². The number of hydrogen-bond acceptors (Lipinski definition) is 3. The van der Waals surface area contributed by atoms with Crippen LogP contribution in [0.2, 0.25) is 0 Å². The van der Waals surface area contributed by atoms with Crippen molar-refractivity contribution in [2.75, 3.05) is 32.8 Å². The summed E-state index contributed by atoms with van der Waals surface area (Å²) in [5.41, 5.74) is 5.41. The Labute approximate surface area is 81.0 Å². The van der Waals surface area contributed by atoms with Crippen LogP contribution in [-0.2, 0) is 4.74 Å². The van der Waals surface area contributed by atoms with Crippen molar-refractivity contribution >= 4 is 0 Å². The van der Waals surface area contributed by atoms with Gasteiger partial charge in [0.05, 0.1) is 6.61 Å². The third kappa shape index (κ3) is 5.24. The van der Waals surface area contributed by atoms with Crippen molar-refractivity contribution in [2.45, 2.75) is 25.7 Å². The Bertz CT molecular complexity index is 113. The Hall–Kier alpha value is -0.120. The fourth-order valence-electron chi connectivity index (χ4n) is 1.62. The van der Waals surface area contributed by atoms with Crippen LogP contribution < -0.4 is 11.1 Å². The first kappa shape index (κ1) is 11.0. The molecule has 13 heavy (non-hydrogen) atoms. The van der Waals surface area contributed by atoms with Crippen molar-refractivity contribution in [3.05, 3.63) is 0 Å². The van der Waals surface area contributed by atoms with E-state index >= 15 is 0 Å². The van der Waals surface area contributed by atoms with Crippen molar-refractivity contribution in [1.29, 1.82) is 0 Å². The van der Waals surface area contributed by atoms with Gasteiger partial charge < -0.3 is 15.8 Å². The predicted molar refractivity (Wildman–Crippen MR) is 54.7 cm³/mol. The monoisotopic (exact) mass is 186 g/mol. The molecule has 1 fully saturated rings. The van der Waals surface area contributed by atoms with Crippen LogP contribution >= 0.6 is 0 Å². The molecule has 1 aliphatic heterocycles. The van der Waals surface area contributed by atoms with Crippen molar-refractivity contribution in [2.24, 2.45) is 11.7 Å². The maximum absolute atomic E-state index is 5.41. The molecular formula is C10H22N2O. The third-order valence-corrected chi connectivity index (χ3v) is 2.51. The average molecular weight is 186 g/mol. The highest BCUT2D eigenvalue weighted by atomic mass is 16.5. The largest absolute Gasteiger partial charge is 0.381 e. The molecule has 1 rings (SSSR count). The lowest BCUT2D eigenvalue weighted by Gasteiger charge is -2.08. The number of ether oxygens (including phenoxy) is 1. The molecule has 3 N–H and O–H groups in total. The molecule has 0 saturated carbocycles. The van der Waals surface area contributed by atoms with Crippen LogP contribution in [0.4, 0.5) is 0 Å². The van der Waals surface area contributed by atoms with E-state index in [2.05, 4.69) is 5.32 Å². The minimum atomic E-state index is 0.759. The van der Waals surface area contributed by atoms with Crippen LogP contribution in [0, 0.1) is 5.92 Å². The SMILES string of the molecule is NCCCCCNCC1CCOC1. The van der Waals surface area contributed by atoms with E-state index in [9.17, 15) is 0 Å². The number of hydrogen-bond donors (Lipinski definition) is 2. The Kier molecular flexibility index (Phi) is 6.15. The molecular weight excluding hydrogens is 164 g/mol. The Morgan fingerprint density at radius 1 is 1.31 bits per heavy atom. The zero-order valence-electron chi connectivity index (χ0n) is 8.43. The van der Waals surface area contributed by atoms with Gasteiger partial charge in [-0.25, -0.2) is 0 Å². The molecule has 1 aliphatic rings. The van der Waals surface area contributed by atoms with Crippen molar-refractivity contribution in [1.82, 2.24) is 5.32 Å². The van der Waals surface area contributed by atoms with Crippen LogP contribution in [0.25, 0.3) is 0 Å². The van der Waals surface area contributed by atoms with E-state index in [1.165, 1.54) is 19.3 Å². The molecule has 0 bridgehead atoms. The molecule has 0 spiro atoms. The zero-order chi connectivity index (χ0) is 9.36. The summed E-state index contributed by atoms with van der Waals surface area (Å²) in [4.78, 5) is 0. The van der Waals surface area contributed by atoms with Crippen LogP contribution in [0.15, 0.2) is 0 Å². The maximum Gasteiger partial charge on any atom is 0.0507 e. The minimum Gasteiger partial charge on any atom is -0.381 e. The van der Waals surface area contributed by atoms with Gasteiger partial charge in [0.1, 0.15) is 0 Å². The third-order valence-electron chi connectivity index (χ3n) is 2.51. The molecule has 78 valence electrons. The van der Waals surface area contributed by atoms with E-state index in [0.717, 1.165) is 45.2 Å². The fourth-order valence-corrected chi connectivity index (χ4v) is 1.62. The Morgan fingerprint density at radius 2 is 2.23 bits per heavy atom. The summed E-state index contributed by atoms with van der Waals surface area (Å²) >= 11 is 0. The second-order valence-electron chi connectivity index (χ2n) is 3.78. The number of unbranched alkanes of at least 4 members (excludes halogenated alkanes) is 2. The van der Waals surface area contributed by atoms with Gasteiger partial charge in [0.2, 0.25) is 0 Å². The van der Waals surface area contributed by atoms with Gasteiger partial charge in [-0.05, 0) is 38.3 Å². The van der Waals surface area contributed by atoms with Crippen LogP contribution in [0.3, 0.4) is 0 Å². The molecule has 1 saturated heterocycles. The van der Waals surface area contributed by atoms with Gasteiger partial charge in [-0.3, -0.25) is 0 Å². The molecule has 0 aromatic carbocycles. The van der Waals surface area contributed by atoms with E-state index in [4.69, 9.17) is 10.5 Å². The molecule has 3 nitrogen and oxygen atoms in total. The van der Waals surface area contributed by atoms with Crippen molar-refractivity contribution < 1.29 is 4.74 Å².